The lowest BCUT2D eigenvalue weighted by atomic mass is 10.0. The Morgan fingerprint density at radius 2 is 1.81 bits per heavy atom. The Kier molecular flexibility index (Phi) is 7.26. The van der Waals surface area contributed by atoms with Crippen LogP contribution < -0.4 is 10.1 Å². The van der Waals surface area contributed by atoms with Crippen molar-refractivity contribution in [3.05, 3.63) is 64.1 Å². The molecule has 0 spiro atoms. The van der Waals surface area contributed by atoms with Gasteiger partial charge in [0.05, 0.1) is 19.3 Å². The highest BCUT2D eigenvalue weighted by molar-refractivity contribution is 9.10. The summed E-state index contributed by atoms with van der Waals surface area (Å²) in [6.45, 7) is 6.05. The van der Waals surface area contributed by atoms with Crippen LogP contribution in [0.2, 0.25) is 0 Å². The van der Waals surface area contributed by atoms with Crippen molar-refractivity contribution in [1.82, 2.24) is 10.2 Å². The fourth-order valence-electron chi connectivity index (χ4n) is 2.99. The molecule has 1 N–H and O–H groups in total. The third-order valence-electron chi connectivity index (χ3n) is 4.54. The van der Waals surface area contributed by atoms with E-state index in [0.717, 1.165) is 42.9 Å². The number of aryl methyl sites for hydroxylation is 1. The lowest BCUT2D eigenvalue weighted by Gasteiger charge is -2.31. The van der Waals surface area contributed by atoms with Crippen molar-refractivity contribution in [2.45, 2.75) is 13.0 Å². The monoisotopic (exact) mass is 432 g/mol. The Labute approximate surface area is 168 Å². The fraction of sp³-hybridized carbons (Fsp3) is 0.381. The van der Waals surface area contributed by atoms with E-state index in [0.29, 0.717) is 5.75 Å². The van der Waals surface area contributed by atoms with E-state index in [2.05, 4.69) is 57.3 Å². The summed E-state index contributed by atoms with van der Waals surface area (Å²) in [5.74, 6) is 0.546. The summed E-state index contributed by atoms with van der Waals surface area (Å²) in [6.07, 6.45) is 0. The quantitative estimate of drug-likeness (QED) is 0.728. The third-order valence-corrected chi connectivity index (χ3v) is 5.07. The summed E-state index contributed by atoms with van der Waals surface area (Å²) < 4.78 is 12.0. The molecule has 0 aromatic heterocycles. The van der Waals surface area contributed by atoms with Crippen LogP contribution in [0.25, 0.3) is 0 Å². The second-order valence-corrected chi connectivity index (χ2v) is 7.60. The minimum absolute atomic E-state index is 0.00684. The van der Waals surface area contributed by atoms with Gasteiger partial charge in [0.25, 0.3) is 5.91 Å². The Morgan fingerprint density at radius 3 is 2.48 bits per heavy atom. The maximum atomic E-state index is 12.5. The number of ether oxygens (including phenoxy) is 2. The zero-order chi connectivity index (χ0) is 19.1. The van der Waals surface area contributed by atoms with Crippen LogP contribution in [0.5, 0.6) is 5.75 Å². The van der Waals surface area contributed by atoms with Crippen molar-refractivity contribution in [2.24, 2.45) is 0 Å². The summed E-state index contributed by atoms with van der Waals surface area (Å²) >= 11 is 3.39. The highest BCUT2D eigenvalue weighted by atomic mass is 79.9. The van der Waals surface area contributed by atoms with Gasteiger partial charge in [-0.25, -0.2) is 0 Å². The number of morpholine rings is 1. The molecular formula is C21H25BrN2O3. The van der Waals surface area contributed by atoms with Gasteiger partial charge in [-0.2, -0.15) is 0 Å². The minimum Gasteiger partial charge on any atom is -0.484 e. The smallest absolute Gasteiger partial charge is 0.258 e. The van der Waals surface area contributed by atoms with Gasteiger partial charge in [-0.1, -0.05) is 45.8 Å². The Hall–Kier alpha value is -1.89. The molecule has 0 aliphatic carbocycles. The molecule has 1 aliphatic rings. The highest BCUT2D eigenvalue weighted by Gasteiger charge is 2.20. The van der Waals surface area contributed by atoms with Crippen molar-refractivity contribution in [2.75, 3.05) is 39.5 Å². The molecule has 0 saturated carbocycles. The average molecular weight is 433 g/mol. The van der Waals surface area contributed by atoms with E-state index in [9.17, 15) is 4.79 Å². The number of hydrogen-bond donors (Lipinski definition) is 1. The topological polar surface area (TPSA) is 50.8 Å². The number of hydrogen-bond acceptors (Lipinski definition) is 4. The second kappa shape index (κ2) is 9.88. The number of rotatable bonds is 7. The Morgan fingerprint density at radius 1 is 1.15 bits per heavy atom. The maximum Gasteiger partial charge on any atom is 0.258 e. The predicted octanol–water partition coefficient (Wildman–Crippen LogP) is 3.33. The largest absolute Gasteiger partial charge is 0.484 e. The summed E-state index contributed by atoms with van der Waals surface area (Å²) in [6, 6.07) is 15.7. The zero-order valence-corrected chi connectivity index (χ0v) is 17.1. The van der Waals surface area contributed by atoms with Gasteiger partial charge in [-0.15, -0.1) is 0 Å². The lowest BCUT2D eigenvalue weighted by Crippen LogP contribution is -2.44. The molecule has 144 valence electrons. The van der Waals surface area contributed by atoms with E-state index in [-0.39, 0.29) is 18.6 Å². The summed E-state index contributed by atoms with van der Waals surface area (Å²) in [7, 11) is 0. The molecule has 1 saturated heterocycles. The number of amides is 1. The van der Waals surface area contributed by atoms with Crippen LogP contribution in [0, 0.1) is 6.92 Å². The van der Waals surface area contributed by atoms with Gasteiger partial charge in [0.15, 0.2) is 6.61 Å². The molecule has 2 aromatic rings. The fourth-order valence-corrected chi connectivity index (χ4v) is 3.26. The molecule has 1 atom stereocenters. The van der Waals surface area contributed by atoms with E-state index in [4.69, 9.17) is 9.47 Å². The first-order valence-corrected chi connectivity index (χ1v) is 9.94. The molecule has 2 aromatic carbocycles. The number of benzene rings is 2. The van der Waals surface area contributed by atoms with Crippen molar-refractivity contribution in [1.29, 1.82) is 0 Å². The SMILES string of the molecule is Cc1ccc([C@H](CN2CCOCC2)NC(=O)COc2ccc(Br)cc2)cc1. The third kappa shape index (κ3) is 6.34. The second-order valence-electron chi connectivity index (χ2n) is 6.69. The van der Waals surface area contributed by atoms with E-state index < -0.39 is 0 Å². The maximum absolute atomic E-state index is 12.5. The van der Waals surface area contributed by atoms with Gasteiger partial charge in [0, 0.05) is 24.1 Å². The van der Waals surface area contributed by atoms with Crippen molar-refractivity contribution >= 4 is 21.8 Å². The van der Waals surface area contributed by atoms with Crippen LogP contribution in [0.3, 0.4) is 0 Å². The number of nitrogens with one attached hydrogen (secondary N) is 1. The molecule has 0 bridgehead atoms. The molecule has 1 fully saturated rings. The van der Waals surface area contributed by atoms with Crippen LogP contribution >= 0.6 is 15.9 Å². The summed E-state index contributed by atoms with van der Waals surface area (Å²) in [4.78, 5) is 14.8. The molecule has 3 rings (SSSR count). The van der Waals surface area contributed by atoms with Gasteiger partial charge < -0.3 is 14.8 Å². The Bertz CT molecular complexity index is 728. The number of nitrogens with zero attached hydrogens (tertiary/aromatic N) is 1. The van der Waals surface area contributed by atoms with Gasteiger partial charge in [-0.3, -0.25) is 9.69 Å². The normalized spacial score (nSPS) is 15.9. The molecule has 0 radical (unpaired) electrons. The van der Waals surface area contributed by atoms with Crippen LogP contribution in [0.4, 0.5) is 0 Å². The van der Waals surface area contributed by atoms with Gasteiger partial charge >= 0.3 is 0 Å². The van der Waals surface area contributed by atoms with Crippen molar-refractivity contribution in [3.63, 3.8) is 0 Å². The average Bonchev–Trinajstić information content (AvgIpc) is 2.68. The molecule has 1 amide bonds. The predicted molar refractivity (Wildman–Crippen MR) is 109 cm³/mol. The van der Waals surface area contributed by atoms with E-state index >= 15 is 0 Å². The molecule has 6 heteroatoms. The Balaban J connectivity index is 1.61. The number of carbonyl (C=O) groups excluding carboxylic acids is 1. The van der Waals surface area contributed by atoms with Crippen LogP contribution in [0.15, 0.2) is 53.0 Å². The van der Waals surface area contributed by atoms with Crippen LogP contribution in [0.1, 0.15) is 17.2 Å². The summed E-state index contributed by atoms with van der Waals surface area (Å²) in [5.41, 5.74) is 2.30. The highest BCUT2D eigenvalue weighted by Crippen LogP contribution is 2.18. The first-order valence-electron chi connectivity index (χ1n) is 9.14. The molecular weight excluding hydrogens is 408 g/mol. The van der Waals surface area contributed by atoms with E-state index in [1.807, 2.05) is 24.3 Å². The van der Waals surface area contributed by atoms with E-state index in [1.54, 1.807) is 0 Å². The molecule has 1 heterocycles. The van der Waals surface area contributed by atoms with Gasteiger partial charge in [0.1, 0.15) is 5.75 Å². The standard InChI is InChI=1S/C21H25BrN2O3/c1-16-2-4-17(5-3-16)20(14-24-10-12-26-13-11-24)23-21(25)15-27-19-8-6-18(22)7-9-19/h2-9,20H,10-15H2,1H3,(H,23,25)/t20-/m0/s1. The minimum atomic E-state index is -0.128. The van der Waals surface area contributed by atoms with Gasteiger partial charge in [-0.05, 0) is 36.8 Å². The van der Waals surface area contributed by atoms with Crippen molar-refractivity contribution < 1.29 is 14.3 Å². The van der Waals surface area contributed by atoms with Crippen LogP contribution in [-0.2, 0) is 9.53 Å². The molecule has 27 heavy (non-hydrogen) atoms. The zero-order valence-electron chi connectivity index (χ0n) is 15.5. The lowest BCUT2D eigenvalue weighted by molar-refractivity contribution is -0.124. The molecule has 1 aliphatic heterocycles. The molecule has 5 nitrogen and oxygen atoms in total. The van der Waals surface area contributed by atoms with Crippen molar-refractivity contribution in [3.8, 4) is 5.75 Å². The number of carbonyl (C=O) groups is 1. The van der Waals surface area contributed by atoms with Gasteiger partial charge in [0.2, 0.25) is 0 Å². The summed E-state index contributed by atoms with van der Waals surface area (Å²) in [5, 5.41) is 3.13. The first-order chi connectivity index (χ1) is 13.1. The van der Waals surface area contributed by atoms with E-state index in [1.165, 1.54) is 5.56 Å². The molecule has 0 unspecified atom stereocenters. The first kappa shape index (κ1) is 19.9. The number of halogens is 1. The van der Waals surface area contributed by atoms with Crippen LogP contribution in [-0.4, -0.2) is 50.3 Å².